The molecule has 3 atom stereocenters. The number of ether oxygens (including phenoxy) is 1. The summed E-state index contributed by atoms with van der Waals surface area (Å²) in [6, 6.07) is 10.8. The van der Waals surface area contributed by atoms with Gasteiger partial charge in [0.2, 0.25) is 0 Å². The fraction of sp³-hybridized carbons (Fsp3) is 0.538. The van der Waals surface area contributed by atoms with E-state index in [4.69, 9.17) is 10.5 Å². The molecular weight excluding hydrogens is 327 g/mol. The van der Waals surface area contributed by atoms with Gasteiger partial charge in [-0.3, -0.25) is 4.90 Å². The van der Waals surface area contributed by atoms with Gasteiger partial charge in [0.15, 0.2) is 0 Å². The number of hydrogen-bond acceptors (Lipinski definition) is 3. The van der Waals surface area contributed by atoms with Gasteiger partial charge >= 0.3 is 0 Å². The van der Waals surface area contributed by atoms with Crippen LogP contribution in [0, 0.1) is 0 Å². The minimum absolute atomic E-state index is 0.204. The van der Waals surface area contributed by atoms with Gasteiger partial charge in [-0.25, -0.2) is 0 Å². The zero-order valence-corrected chi connectivity index (χ0v) is 12.2. The Labute approximate surface area is 116 Å². The van der Waals surface area contributed by atoms with Crippen LogP contribution in [0.3, 0.4) is 0 Å². The molecule has 4 heteroatoms. The van der Waals surface area contributed by atoms with Crippen LogP contribution < -0.4 is 5.73 Å². The summed E-state index contributed by atoms with van der Waals surface area (Å²) in [7, 11) is 1.74. The molecule has 2 rings (SSSR count). The van der Waals surface area contributed by atoms with Gasteiger partial charge in [0.1, 0.15) is 0 Å². The number of alkyl halides is 1. The number of rotatable bonds is 4. The Bertz CT molecular complexity index is 347. The Morgan fingerprint density at radius 2 is 2.12 bits per heavy atom. The lowest BCUT2D eigenvalue weighted by molar-refractivity contribution is 0.157. The summed E-state index contributed by atoms with van der Waals surface area (Å²) < 4.78 is 5.54. The summed E-state index contributed by atoms with van der Waals surface area (Å²) in [6.45, 7) is 2.76. The van der Waals surface area contributed by atoms with E-state index in [1.54, 1.807) is 7.11 Å². The quantitative estimate of drug-likeness (QED) is 0.514. The van der Waals surface area contributed by atoms with E-state index < -0.39 is 0 Å². The van der Waals surface area contributed by atoms with E-state index in [-0.39, 0.29) is 6.04 Å². The number of hydrogen-bond donors (Lipinski definition) is 1. The molecule has 1 aromatic rings. The van der Waals surface area contributed by atoms with Crippen LogP contribution in [0.15, 0.2) is 30.3 Å². The van der Waals surface area contributed by atoms with Crippen LogP contribution in [0.1, 0.15) is 11.5 Å². The van der Waals surface area contributed by atoms with E-state index in [1.165, 1.54) is 5.56 Å². The van der Waals surface area contributed by atoms with Crippen molar-refractivity contribution in [1.29, 1.82) is 0 Å². The SMILES string of the molecule is COCCN1CC(c2ccccc2)C(N)C1I. The van der Waals surface area contributed by atoms with Crippen LogP contribution in [0.4, 0.5) is 0 Å². The maximum Gasteiger partial charge on any atom is 0.0779 e. The van der Waals surface area contributed by atoms with Crippen molar-refractivity contribution in [3.8, 4) is 0 Å². The molecule has 0 radical (unpaired) electrons. The second-order valence-electron chi connectivity index (χ2n) is 4.45. The average molecular weight is 346 g/mol. The van der Waals surface area contributed by atoms with Gasteiger partial charge in [-0.1, -0.05) is 52.9 Å². The van der Waals surface area contributed by atoms with Gasteiger partial charge in [-0.2, -0.15) is 0 Å². The molecule has 2 N–H and O–H groups in total. The van der Waals surface area contributed by atoms with Gasteiger partial charge < -0.3 is 10.5 Å². The van der Waals surface area contributed by atoms with Crippen molar-refractivity contribution in [2.45, 2.75) is 16.0 Å². The molecule has 1 saturated heterocycles. The Hall–Kier alpha value is -0.170. The predicted octanol–water partition coefficient (Wildman–Crippen LogP) is 1.82. The molecule has 0 saturated carbocycles. The standard InChI is InChI=1S/C13H19IN2O/c1-17-8-7-16-9-11(12(15)13(16)14)10-5-3-2-4-6-10/h2-6,11-13H,7-9,15H2,1H3. The fourth-order valence-electron chi connectivity index (χ4n) is 2.36. The van der Waals surface area contributed by atoms with Crippen LogP contribution in [0.25, 0.3) is 0 Å². The number of nitrogens with zero attached hydrogens (tertiary/aromatic N) is 1. The van der Waals surface area contributed by atoms with Gasteiger partial charge in [0.25, 0.3) is 0 Å². The first-order valence-corrected chi connectivity index (χ1v) is 7.16. The first-order chi connectivity index (χ1) is 8.24. The van der Waals surface area contributed by atoms with E-state index in [1.807, 2.05) is 6.07 Å². The Morgan fingerprint density at radius 3 is 2.76 bits per heavy atom. The Kier molecular flexibility index (Phi) is 4.78. The van der Waals surface area contributed by atoms with E-state index in [0.29, 0.717) is 9.97 Å². The zero-order valence-electron chi connectivity index (χ0n) is 10.1. The number of benzene rings is 1. The van der Waals surface area contributed by atoms with Crippen molar-refractivity contribution in [2.75, 3.05) is 26.8 Å². The van der Waals surface area contributed by atoms with Crippen molar-refractivity contribution in [3.63, 3.8) is 0 Å². The summed E-state index contributed by atoms with van der Waals surface area (Å²) in [5.74, 6) is 0.440. The highest BCUT2D eigenvalue weighted by Crippen LogP contribution is 2.33. The summed E-state index contributed by atoms with van der Waals surface area (Å²) >= 11 is 2.45. The third-order valence-electron chi connectivity index (χ3n) is 3.37. The lowest BCUT2D eigenvalue weighted by Gasteiger charge is -2.20. The highest BCUT2D eigenvalue weighted by Gasteiger charge is 2.38. The van der Waals surface area contributed by atoms with Crippen LogP contribution in [0.2, 0.25) is 0 Å². The van der Waals surface area contributed by atoms with E-state index in [9.17, 15) is 0 Å². The van der Waals surface area contributed by atoms with Gasteiger partial charge in [-0.15, -0.1) is 0 Å². The second kappa shape index (κ2) is 6.13. The van der Waals surface area contributed by atoms with Crippen molar-refractivity contribution >= 4 is 22.6 Å². The van der Waals surface area contributed by atoms with Gasteiger partial charge in [0.05, 0.1) is 10.7 Å². The molecule has 1 aliphatic heterocycles. The minimum atomic E-state index is 0.204. The summed E-state index contributed by atoms with van der Waals surface area (Å²) in [5.41, 5.74) is 7.68. The average Bonchev–Trinajstić information content (AvgIpc) is 2.65. The number of nitrogens with two attached hydrogens (primary N) is 1. The topological polar surface area (TPSA) is 38.5 Å². The summed E-state index contributed by atoms with van der Waals surface area (Å²) in [5, 5.41) is 0. The van der Waals surface area contributed by atoms with Crippen LogP contribution >= 0.6 is 22.6 Å². The van der Waals surface area contributed by atoms with Crippen molar-refractivity contribution in [3.05, 3.63) is 35.9 Å². The zero-order chi connectivity index (χ0) is 12.3. The molecule has 0 bridgehead atoms. The Balaban J connectivity index is 2.06. The third kappa shape index (κ3) is 2.99. The van der Waals surface area contributed by atoms with E-state index >= 15 is 0 Å². The van der Waals surface area contributed by atoms with Crippen molar-refractivity contribution in [1.82, 2.24) is 4.90 Å². The number of methoxy groups -OCH3 is 1. The molecule has 3 nitrogen and oxygen atoms in total. The van der Waals surface area contributed by atoms with Crippen LogP contribution in [-0.4, -0.2) is 41.8 Å². The number of halogens is 1. The molecule has 0 spiro atoms. The molecule has 1 aromatic carbocycles. The molecule has 1 fully saturated rings. The maximum absolute atomic E-state index is 6.33. The smallest absolute Gasteiger partial charge is 0.0779 e. The molecule has 1 aliphatic rings. The Morgan fingerprint density at radius 1 is 1.41 bits per heavy atom. The minimum Gasteiger partial charge on any atom is -0.383 e. The maximum atomic E-state index is 6.33. The normalized spacial score (nSPS) is 29.7. The van der Waals surface area contributed by atoms with Crippen LogP contribution in [0.5, 0.6) is 0 Å². The highest BCUT2D eigenvalue weighted by molar-refractivity contribution is 14.1. The molecule has 17 heavy (non-hydrogen) atoms. The van der Waals surface area contributed by atoms with Gasteiger partial charge in [0, 0.05) is 32.2 Å². The van der Waals surface area contributed by atoms with Crippen molar-refractivity contribution < 1.29 is 4.74 Å². The second-order valence-corrected chi connectivity index (χ2v) is 5.73. The van der Waals surface area contributed by atoms with E-state index in [2.05, 4.69) is 51.8 Å². The molecule has 0 aliphatic carbocycles. The largest absolute Gasteiger partial charge is 0.383 e. The third-order valence-corrected chi connectivity index (χ3v) is 4.99. The first kappa shape index (κ1) is 13.3. The monoisotopic (exact) mass is 346 g/mol. The summed E-state index contributed by atoms with van der Waals surface area (Å²) in [6.07, 6.45) is 0. The highest BCUT2D eigenvalue weighted by atomic mass is 127. The van der Waals surface area contributed by atoms with E-state index in [0.717, 1.165) is 19.7 Å². The van der Waals surface area contributed by atoms with Crippen molar-refractivity contribution in [2.24, 2.45) is 5.73 Å². The predicted molar refractivity (Wildman–Crippen MR) is 78.4 cm³/mol. The summed E-state index contributed by atoms with van der Waals surface area (Å²) in [4.78, 5) is 2.41. The lowest BCUT2D eigenvalue weighted by Crippen LogP contribution is -2.36. The molecule has 3 unspecified atom stereocenters. The lowest BCUT2D eigenvalue weighted by atomic mass is 9.95. The fourth-order valence-corrected chi connectivity index (χ4v) is 3.37. The van der Waals surface area contributed by atoms with Crippen LogP contribution in [-0.2, 0) is 4.74 Å². The molecule has 0 amide bonds. The molecular formula is C13H19IN2O. The van der Waals surface area contributed by atoms with Gasteiger partial charge in [-0.05, 0) is 5.56 Å². The molecule has 0 aromatic heterocycles. The number of likely N-dealkylation sites (tertiary alicyclic amines) is 1. The molecule has 94 valence electrons. The first-order valence-electron chi connectivity index (χ1n) is 5.91. The molecule has 1 heterocycles.